The molecular formula is C14H17NO3S2. The molecule has 1 aromatic heterocycles. The van der Waals surface area contributed by atoms with Crippen LogP contribution in [-0.4, -0.2) is 20.1 Å². The average molecular weight is 311 g/mol. The first kappa shape index (κ1) is 15.2. The van der Waals surface area contributed by atoms with Crippen molar-refractivity contribution in [2.45, 2.75) is 24.1 Å². The second-order valence-corrected chi connectivity index (χ2v) is 7.67. The number of hydrogen-bond donors (Lipinski definition) is 2. The zero-order valence-electron chi connectivity index (χ0n) is 11.2. The van der Waals surface area contributed by atoms with Gasteiger partial charge in [0.1, 0.15) is 4.21 Å². The maximum Gasteiger partial charge on any atom is 0.250 e. The molecule has 2 aromatic rings. The van der Waals surface area contributed by atoms with Crippen LogP contribution < -0.4 is 4.72 Å². The molecule has 0 radical (unpaired) electrons. The summed E-state index contributed by atoms with van der Waals surface area (Å²) >= 11 is 1.19. The van der Waals surface area contributed by atoms with Gasteiger partial charge in [-0.25, -0.2) is 13.1 Å². The molecule has 1 aromatic carbocycles. The fourth-order valence-corrected chi connectivity index (χ4v) is 4.11. The van der Waals surface area contributed by atoms with Crippen LogP contribution in [0.3, 0.4) is 0 Å². The third-order valence-electron chi connectivity index (χ3n) is 2.85. The van der Waals surface area contributed by atoms with E-state index in [0.717, 1.165) is 16.0 Å². The molecular weight excluding hydrogens is 294 g/mol. The molecule has 0 saturated heterocycles. The Morgan fingerprint density at radius 2 is 1.85 bits per heavy atom. The minimum Gasteiger partial charge on any atom is -0.396 e. The van der Waals surface area contributed by atoms with Crippen molar-refractivity contribution < 1.29 is 13.5 Å². The van der Waals surface area contributed by atoms with Crippen LogP contribution in [0, 0.1) is 6.92 Å². The number of benzene rings is 1. The monoisotopic (exact) mass is 311 g/mol. The van der Waals surface area contributed by atoms with E-state index in [1.807, 2.05) is 31.2 Å². The van der Waals surface area contributed by atoms with E-state index in [1.54, 1.807) is 12.1 Å². The molecule has 0 amide bonds. The van der Waals surface area contributed by atoms with Crippen molar-refractivity contribution in [3.8, 4) is 0 Å². The van der Waals surface area contributed by atoms with Crippen LogP contribution >= 0.6 is 11.3 Å². The summed E-state index contributed by atoms with van der Waals surface area (Å²) in [5.74, 6) is 0. The van der Waals surface area contributed by atoms with Gasteiger partial charge >= 0.3 is 0 Å². The minimum absolute atomic E-state index is 0.0246. The van der Waals surface area contributed by atoms with Crippen LogP contribution in [0.15, 0.2) is 40.6 Å². The standard InChI is InChI=1S/C14H17NO3S2/c1-11-2-4-12(5-3-11)10-15-20(17,18)14-7-6-13(19-14)8-9-16/h2-7,15-16H,8-10H2,1H3. The summed E-state index contributed by atoms with van der Waals surface area (Å²) in [6.45, 7) is 2.29. The van der Waals surface area contributed by atoms with Gasteiger partial charge in [-0.2, -0.15) is 0 Å². The smallest absolute Gasteiger partial charge is 0.250 e. The van der Waals surface area contributed by atoms with Gasteiger partial charge in [-0.3, -0.25) is 0 Å². The van der Waals surface area contributed by atoms with Gasteiger partial charge in [0.05, 0.1) is 0 Å². The van der Waals surface area contributed by atoms with Crippen LogP contribution in [0.4, 0.5) is 0 Å². The molecule has 2 N–H and O–H groups in total. The van der Waals surface area contributed by atoms with Crippen molar-refractivity contribution in [3.63, 3.8) is 0 Å². The Hall–Kier alpha value is -1.21. The van der Waals surface area contributed by atoms with Gasteiger partial charge in [0, 0.05) is 24.4 Å². The Bertz CT molecular complexity index is 660. The summed E-state index contributed by atoms with van der Waals surface area (Å²) in [4.78, 5) is 0.864. The molecule has 0 saturated carbocycles. The van der Waals surface area contributed by atoms with Gasteiger partial charge in [-0.15, -0.1) is 11.3 Å². The maximum atomic E-state index is 12.1. The van der Waals surface area contributed by atoms with Gasteiger partial charge in [-0.05, 0) is 24.6 Å². The zero-order valence-corrected chi connectivity index (χ0v) is 12.8. The van der Waals surface area contributed by atoms with Gasteiger partial charge < -0.3 is 5.11 Å². The number of sulfonamides is 1. The van der Waals surface area contributed by atoms with E-state index in [2.05, 4.69) is 4.72 Å². The van der Waals surface area contributed by atoms with Crippen LogP contribution in [0.2, 0.25) is 0 Å². The number of thiophene rings is 1. The summed E-state index contributed by atoms with van der Waals surface area (Å²) in [6, 6.07) is 11.0. The van der Waals surface area contributed by atoms with E-state index in [0.29, 0.717) is 6.42 Å². The lowest BCUT2D eigenvalue weighted by molar-refractivity contribution is 0.300. The topological polar surface area (TPSA) is 66.4 Å². The van der Waals surface area contributed by atoms with Crippen LogP contribution in [0.25, 0.3) is 0 Å². The highest BCUT2D eigenvalue weighted by Crippen LogP contribution is 2.22. The molecule has 0 fully saturated rings. The molecule has 0 unspecified atom stereocenters. The Balaban J connectivity index is 2.04. The predicted molar refractivity (Wildman–Crippen MR) is 80.3 cm³/mol. The molecule has 20 heavy (non-hydrogen) atoms. The molecule has 0 aliphatic carbocycles. The van der Waals surface area contributed by atoms with Crippen molar-refractivity contribution in [2.24, 2.45) is 0 Å². The van der Waals surface area contributed by atoms with Crippen molar-refractivity contribution in [1.82, 2.24) is 4.72 Å². The Kier molecular flexibility index (Phi) is 4.93. The summed E-state index contributed by atoms with van der Waals surface area (Å²) in [6.07, 6.45) is 0.484. The fourth-order valence-electron chi connectivity index (χ4n) is 1.70. The molecule has 0 spiro atoms. The summed E-state index contributed by atoms with van der Waals surface area (Å²) < 4.78 is 27.1. The third kappa shape index (κ3) is 3.89. The first-order valence-corrected chi connectivity index (χ1v) is 8.56. The molecule has 6 heteroatoms. The third-order valence-corrected chi connectivity index (χ3v) is 5.89. The van der Waals surface area contributed by atoms with Crippen molar-refractivity contribution in [2.75, 3.05) is 6.61 Å². The molecule has 0 atom stereocenters. The lowest BCUT2D eigenvalue weighted by Gasteiger charge is -2.05. The first-order chi connectivity index (χ1) is 9.51. The zero-order chi connectivity index (χ0) is 14.6. The highest BCUT2D eigenvalue weighted by molar-refractivity contribution is 7.91. The average Bonchev–Trinajstić information content (AvgIpc) is 2.88. The number of hydrogen-bond acceptors (Lipinski definition) is 4. The number of rotatable bonds is 6. The molecule has 0 aliphatic rings. The van der Waals surface area contributed by atoms with E-state index < -0.39 is 10.0 Å². The van der Waals surface area contributed by atoms with Gasteiger partial charge in [0.2, 0.25) is 10.0 Å². The quantitative estimate of drug-likeness (QED) is 0.858. The van der Waals surface area contributed by atoms with Crippen LogP contribution in [-0.2, 0) is 23.0 Å². The molecule has 0 bridgehead atoms. The van der Waals surface area contributed by atoms with E-state index in [-0.39, 0.29) is 17.4 Å². The van der Waals surface area contributed by atoms with Gasteiger partial charge in [0.25, 0.3) is 0 Å². The van der Waals surface area contributed by atoms with Crippen LogP contribution in [0.5, 0.6) is 0 Å². The lowest BCUT2D eigenvalue weighted by Crippen LogP contribution is -2.22. The van der Waals surface area contributed by atoms with Crippen molar-refractivity contribution in [1.29, 1.82) is 0 Å². The summed E-state index contributed by atoms with van der Waals surface area (Å²) in [7, 11) is -3.48. The Morgan fingerprint density at radius 3 is 2.50 bits per heavy atom. The van der Waals surface area contributed by atoms with Crippen molar-refractivity contribution in [3.05, 3.63) is 52.4 Å². The maximum absolute atomic E-state index is 12.1. The SMILES string of the molecule is Cc1ccc(CNS(=O)(=O)c2ccc(CCO)s2)cc1. The molecule has 0 aliphatic heterocycles. The molecule has 4 nitrogen and oxygen atoms in total. The predicted octanol–water partition coefficient (Wildman–Crippen LogP) is 2.07. The highest BCUT2D eigenvalue weighted by atomic mass is 32.2. The number of aliphatic hydroxyl groups excluding tert-OH is 1. The van der Waals surface area contributed by atoms with E-state index in [4.69, 9.17) is 5.11 Å². The number of aryl methyl sites for hydroxylation is 1. The van der Waals surface area contributed by atoms with Crippen LogP contribution in [0.1, 0.15) is 16.0 Å². The molecule has 108 valence electrons. The van der Waals surface area contributed by atoms with Gasteiger partial charge in [0.15, 0.2) is 0 Å². The number of nitrogens with one attached hydrogen (secondary N) is 1. The first-order valence-electron chi connectivity index (χ1n) is 6.26. The Labute approximate surface area is 123 Å². The van der Waals surface area contributed by atoms with E-state index >= 15 is 0 Å². The fraction of sp³-hybridized carbons (Fsp3) is 0.286. The molecule has 1 heterocycles. The summed E-state index contributed by atoms with van der Waals surface area (Å²) in [5.41, 5.74) is 2.06. The molecule has 2 rings (SSSR count). The van der Waals surface area contributed by atoms with Crippen molar-refractivity contribution >= 4 is 21.4 Å². The largest absolute Gasteiger partial charge is 0.396 e. The Morgan fingerprint density at radius 1 is 1.15 bits per heavy atom. The summed E-state index contributed by atoms with van der Waals surface area (Å²) in [5, 5.41) is 8.85. The number of aliphatic hydroxyl groups is 1. The lowest BCUT2D eigenvalue weighted by atomic mass is 10.2. The second kappa shape index (κ2) is 6.49. The minimum atomic E-state index is -3.48. The van der Waals surface area contributed by atoms with Gasteiger partial charge in [-0.1, -0.05) is 29.8 Å². The highest BCUT2D eigenvalue weighted by Gasteiger charge is 2.16. The van der Waals surface area contributed by atoms with E-state index in [1.165, 1.54) is 11.3 Å². The second-order valence-electron chi connectivity index (χ2n) is 4.50. The normalized spacial score (nSPS) is 11.7. The van der Waals surface area contributed by atoms with E-state index in [9.17, 15) is 8.42 Å².